The van der Waals surface area contributed by atoms with Crippen LogP contribution in [-0.2, 0) is 49.3 Å². The summed E-state index contributed by atoms with van der Waals surface area (Å²) >= 11 is 2.64. The van der Waals surface area contributed by atoms with Gasteiger partial charge in [-0.15, -0.1) is 23.1 Å². The number of rotatable bonds is 9. The minimum atomic E-state index is -1.67. The maximum Gasteiger partial charge on any atom is 0.358 e. The van der Waals surface area contributed by atoms with Crippen molar-refractivity contribution in [3.05, 3.63) is 33.7 Å². The van der Waals surface area contributed by atoms with Crippen molar-refractivity contribution in [3.8, 4) is 0 Å². The summed E-state index contributed by atoms with van der Waals surface area (Å²) in [6.45, 7) is 1.48. The molecule has 2 atom stereocenters. The van der Waals surface area contributed by atoms with Gasteiger partial charge in [0.2, 0.25) is 12.7 Å². The third-order valence-corrected chi connectivity index (χ3v) is 7.02. The highest BCUT2D eigenvalue weighted by atomic mass is 32.2. The van der Waals surface area contributed by atoms with Crippen molar-refractivity contribution in [1.82, 2.24) is 10.2 Å². The first-order valence-corrected chi connectivity index (χ1v) is 11.6. The number of hydrogen-bond acceptors (Lipinski definition) is 11. The van der Waals surface area contributed by atoms with Crippen molar-refractivity contribution in [3.63, 3.8) is 0 Å². The number of amides is 2. The second-order valence-corrected chi connectivity index (χ2v) is 9.10. The Hall–Kier alpha value is -2.90. The smallest absolute Gasteiger partial charge is 0.358 e. The Labute approximate surface area is 197 Å². The van der Waals surface area contributed by atoms with Gasteiger partial charge in [-0.3, -0.25) is 24.1 Å². The fraction of sp³-hybridized carbons (Fsp3) is 0.450. The van der Waals surface area contributed by atoms with Crippen molar-refractivity contribution in [2.75, 3.05) is 26.3 Å². The molecular formula is C20H22N2O9S2. The molecule has 1 aromatic heterocycles. The van der Waals surface area contributed by atoms with Gasteiger partial charge < -0.3 is 24.3 Å². The normalized spacial score (nSPS) is 21.6. The number of β-lactam (4-membered cyclic amide) rings is 1. The lowest BCUT2D eigenvalue weighted by molar-refractivity contribution is -0.194. The maximum atomic E-state index is 13.2. The summed E-state index contributed by atoms with van der Waals surface area (Å²) in [5.74, 6) is -3.05. The zero-order chi connectivity index (χ0) is 24.2. The van der Waals surface area contributed by atoms with E-state index in [1.54, 1.807) is 6.07 Å². The highest BCUT2D eigenvalue weighted by Gasteiger charge is 2.66. The van der Waals surface area contributed by atoms with E-state index in [2.05, 4.69) is 10.1 Å². The molecule has 0 saturated carbocycles. The van der Waals surface area contributed by atoms with Crippen LogP contribution in [0.25, 0.3) is 0 Å². The number of thiophene rings is 1. The second kappa shape index (κ2) is 10.4. The van der Waals surface area contributed by atoms with Crippen LogP contribution in [0.4, 0.5) is 0 Å². The Morgan fingerprint density at radius 3 is 2.52 bits per heavy atom. The molecule has 33 heavy (non-hydrogen) atoms. The van der Waals surface area contributed by atoms with Gasteiger partial charge in [0.25, 0.3) is 11.6 Å². The van der Waals surface area contributed by atoms with Crippen LogP contribution in [0.5, 0.6) is 0 Å². The standard InChI is InChI=1S/C20H22N2O9S2/c1-11(23)29-8-13-9-33-19-20(28-3,21-15(25)7-14-5-4-6-32-14)18(27)22(19)16(13)17(26)31-10-30-12(2)24/h4-6,19H,7-10H2,1-3H3,(H,21,25)/t19-,20?/m0/s1. The largest absolute Gasteiger partial charge is 0.461 e. The first-order valence-electron chi connectivity index (χ1n) is 9.69. The Bertz CT molecular complexity index is 992. The quantitative estimate of drug-likeness (QED) is 0.292. The minimum absolute atomic E-state index is 0.0677. The first kappa shape index (κ1) is 24.7. The zero-order valence-corrected chi connectivity index (χ0v) is 19.7. The zero-order valence-electron chi connectivity index (χ0n) is 18.1. The number of hydrogen-bond donors (Lipinski definition) is 1. The average molecular weight is 499 g/mol. The fourth-order valence-corrected chi connectivity index (χ4v) is 5.41. The molecule has 2 aliphatic rings. The SMILES string of the molecule is COC1(NC(=O)Cc2cccs2)C(=O)N2C(C(=O)OCOC(C)=O)=C(COC(C)=O)CS[C@H]21. The average Bonchev–Trinajstić information content (AvgIpc) is 3.27. The van der Waals surface area contributed by atoms with Crippen LogP contribution < -0.4 is 5.32 Å². The van der Waals surface area contributed by atoms with Gasteiger partial charge in [-0.2, -0.15) is 0 Å². The van der Waals surface area contributed by atoms with Gasteiger partial charge in [0.05, 0.1) is 6.42 Å². The van der Waals surface area contributed by atoms with Crippen LogP contribution in [0.3, 0.4) is 0 Å². The number of carbonyl (C=O) groups is 5. The number of nitrogens with zero attached hydrogens (tertiary/aromatic N) is 1. The monoisotopic (exact) mass is 498 g/mol. The highest BCUT2D eigenvalue weighted by molar-refractivity contribution is 8.00. The van der Waals surface area contributed by atoms with Crippen LogP contribution in [0.15, 0.2) is 28.8 Å². The molecular weight excluding hydrogens is 476 g/mol. The molecule has 1 fully saturated rings. The van der Waals surface area contributed by atoms with Crippen molar-refractivity contribution in [2.45, 2.75) is 31.4 Å². The van der Waals surface area contributed by atoms with Crippen molar-refractivity contribution < 1.29 is 42.9 Å². The van der Waals surface area contributed by atoms with E-state index in [9.17, 15) is 24.0 Å². The van der Waals surface area contributed by atoms with Gasteiger partial charge in [-0.05, 0) is 11.4 Å². The molecule has 0 aromatic carbocycles. The molecule has 3 rings (SSSR count). The Kier molecular flexibility index (Phi) is 7.76. The van der Waals surface area contributed by atoms with Gasteiger partial charge >= 0.3 is 17.9 Å². The molecule has 0 bridgehead atoms. The van der Waals surface area contributed by atoms with E-state index in [4.69, 9.17) is 14.2 Å². The van der Waals surface area contributed by atoms with Gasteiger partial charge in [-0.25, -0.2) is 4.79 Å². The molecule has 3 heterocycles. The number of fused-ring (bicyclic) bond motifs is 1. The number of thioether (sulfide) groups is 1. The summed E-state index contributed by atoms with van der Waals surface area (Å²) in [6, 6.07) is 3.62. The summed E-state index contributed by atoms with van der Waals surface area (Å²) in [4.78, 5) is 62.7. The number of ether oxygens (including phenoxy) is 4. The predicted molar refractivity (Wildman–Crippen MR) is 115 cm³/mol. The van der Waals surface area contributed by atoms with Crippen LogP contribution in [-0.4, -0.2) is 72.0 Å². The Balaban J connectivity index is 1.82. The van der Waals surface area contributed by atoms with E-state index in [-0.39, 0.29) is 24.5 Å². The van der Waals surface area contributed by atoms with E-state index in [1.807, 2.05) is 11.4 Å². The fourth-order valence-electron chi connectivity index (χ4n) is 3.29. The van der Waals surface area contributed by atoms with Crippen molar-refractivity contribution >= 4 is 52.8 Å². The van der Waals surface area contributed by atoms with Crippen LogP contribution in [0.1, 0.15) is 18.7 Å². The number of nitrogens with one attached hydrogen (secondary N) is 1. The summed E-state index contributed by atoms with van der Waals surface area (Å²) < 4.78 is 20.1. The molecule has 13 heteroatoms. The summed E-state index contributed by atoms with van der Waals surface area (Å²) in [7, 11) is 1.29. The second-order valence-electron chi connectivity index (χ2n) is 7.00. The van der Waals surface area contributed by atoms with E-state index >= 15 is 0 Å². The molecule has 1 aromatic rings. The summed E-state index contributed by atoms with van der Waals surface area (Å²) in [6.07, 6.45) is 0.0677. The maximum absolute atomic E-state index is 13.2. The van der Waals surface area contributed by atoms with E-state index in [0.29, 0.717) is 5.57 Å². The molecule has 1 unspecified atom stereocenters. The Morgan fingerprint density at radius 2 is 1.91 bits per heavy atom. The van der Waals surface area contributed by atoms with Gasteiger partial charge in [-0.1, -0.05) is 6.07 Å². The van der Waals surface area contributed by atoms with Gasteiger partial charge in [0.1, 0.15) is 17.7 Å². The van der Waals surface area contributed by atoms with Gasteiger partial charge in [0.15, 0.2) is 0 Å². The first-order chi connectivity index (χ1) is 15.7. The molecule has 2 aliphatic heterocycles. The molecule has 0 aliphatic carbocycles. The predicted octanol–water partition coefficient (Wildman–Crippen LogP) is 0.546. The minimum Gasteiger partial charge on any atom is -0.461 e. The molecule has 0 spiro atoms. The summed E-state index contributed by atoms with van der Waals surface area (Å²) in [5.41, 5.74) is -1.48. The third-order valence-electron chi connectivity index (χ3n) is 4.77. The topological polar surface area (TPSA) is 138 Å². The number of esters is 3. The van der Waals surface area contributed by atoms with Crippen LogP contribution in [0, 0.1) is 0 Å². The molecule has 11 nitrogen and oxygen atoms in total. The van der Waals surface area contributed by atoms with Crippen molar-refractivity contribution in [1.29, 1.82) is 0 Å². The Morgan fingerprint density at radius 1 is 1.18 bits per heavy atom. The van der Waals surface area contributed by atoms with Gasteiger partial charge in [0, 0.05) is 37.2 Å². The molecule has 2 amide bonds. The third kappa shape index (κ3) is 5.20. The van der Waals surface area contributed by atoms with Crippen LogP contribution in [0.2, 0.25) is 0 Å². The molecule has 178 valence electrons. The highest BCUT2D eigenvalue weighted by Crippen LogP contribution is 2.46. The molecule has 0 radical (unpaired) electrons. The number of methoxy groups -OCH3 is 1. The van der Waals surface area contributed by atoms with Crippen LogP contribution >= 0.6 is 23.1 Å². The van der Waals surface area contributed by atoms with E-state index in [1.165, 1.54) is 37.1 Å². The lowest BCUT2D eigenvalue weighted by Crippen LogP contribution is -2.80. The summed E-state index contributed by atoms with van der Waals surface area (Å²) in [5, 5.41) is 3.73. The van der Waals surface area contributed by atoms with E-state index < -0.39 is 47.6 Å². The number of carbonyl (C=O) groups excluding carboxylic acids is 5. The van der Waals surface area contributed by atoms with Crippen molar-refractivity contribution in [2.24, 2.45) is 0 Å². The lowest BCUT2D eigenvalue weighted by Gasteiger charge is -2.55. The molecule has 1 saturated heterocycles. The van der Waals surface area contributed by atoms with E-state index in [0.717, 1.165) is 16.7 Å². The lowest BCUT2D eigenvalue weighted by atomic mass is 9.98. The molecule has 1 N–H and O–H groups in total.